The minimum absolute atomic E-state index is 0.178. The van der Waals surface area contributed by atoms with E-state index in [0.29, 0.717) is 0 Å². The summed E-state index contributed by atoms with van der Waals surface area (Å²) in [6, 6.07) is 0. The second kappa shape index (κ2) is 8.04. The summed E-state index contributed by atoms with van der Waals surface area (Å²) in [5.74, 6) is -2.73. The molecule has 18 heavy (non-hydrogen) atoms. The van der Waals surface area contributed by atoms with Gasteiger partial charge in [0.2, 0.25) is 6.10 Å². The molecule has 0 aromatic carbocycles. The maximum atomic E-state index is 11.2. The Morgan fingerprint density at radius 1 is 1.11 bits per heavy atom. The Morgan fingerprint density at radius 3 is 2.00 bits per heavy atom. The molecule has 0 amide bonds. The fraction of sp³-hybridized carbons (Fsp3) is 0.600. The van der Waals surface area contributed by atoms with Crippen molar-refractivity contribution in [3.05, 3.63) is 0 Å². The molecule has 0 bridgehead atoms. The molecule has 0 aromatic rings. The lowest BCUT2D eigenvalue weighted by Gasteiger charge is -2.09. The number of carbonyl (C=O) groups is 3. The molecule has 102 valence electrons. The van der Waals surface area contributed by atoms with E-state index in [1.54, 1.807) is 6.92 Å². The minimum atomic E-state index is -1.06. The van der Waals surface area contributed by atoms with E-state index in [2.05, 4.69) is 24.2 Å². The summed E-state index contributed by atoms with van der Waals surface area (Å²) in [5.41, 5.74) is -0.698. The molecule has 0 saturated heterocycles. The van der Waals surface area contributed by atoms with Crippen molar-refractivity contribution in [1.29, 1.82) is 0 Å². The van der Waals surface area contributed by atoms with Gasteiger partial charge in [0.25, 0.3) is 5.71 Å². The fourth-order valence-corrected chi connectivity index (χ4v) is 0.786. The average molecular weight is 261 g/mol. The summed E-state index contributed by atoms with van der Waals surface area (Å²) in [5, 5.41) is 3.24. The topological polar surface area (TPSA) is 100 Å². The van der Waals surface area contributed by atoms with Crippen LogP contribution in [0.1, 0.15) is 13.8 Å². The van der Waals surface area contributed by atoms with Gasteiger partial charge in [-0.05, 0) is 13.8 Å². The van der Waals surface area contributed by atoms with Crippen LogP contribution in [0.3, 0.4) is 0 Å². The third kappa shape index (κ3) is 4.81. The van der Waals surface area contributed by atoms with Gasteiger partial charge < -0.3 is 19.0 Å². The molecule has 1 unspecified atom stereocenters. The summed E-state index contributed by atoms with van der Waals surface area (Å²) in [4.78, 5) is 38.2. The number of ether oxygens (including phenoxy) is 3. The lowest BCUT2D eigenvalue weighted by atomic mass is 10.4. The predicted octanol–water partition coefficient (Wildman–Crippen LogP) is -0.343. The van der Waals surface area contributed by atoms with Crippen molar-refractivity contribution >= 4 is 23.6 Å². The highest BCUT2D eigenvalue weighted by atomic mass is 16.7. The minimum Gasteiger partial charge on any atom is -0.464 e. The number of oxime groups is 1. The lowest BCUT2D eigenvalue weighted by molar-refractivity contribution is -0.156. The highest BCUT2D eigenvalue weighted by Crippen LogP contribution is 1.98. The van der Waals surface area contributed by atoms with Crippen LogP contribution in [0.5, 0.6) is 0 Å². The quantitative estimate of drug-likeness (QED) is 0.212. The van der Waals surface area contributed by atoms with Gasteiger partial charge >= 0.3 is 17.9 Å². The first kappa shape index (κ1) is 15.9. The number of nitrogens with zero attached hydrogens (tertiary/aromatic N) is 1. The first-order valence-corrected chi connectivity index (χ1v) is 5.04. The maximum Gasteiger partial charge on any atom is 0.367 e. The van der Waals surface area contributed by atoms with Gasteiger partial charge in [-0.3, -0.25) is 0 Å². The van der Waals surface area contributed by atoms with Crippen molar-refractivity contribution < 1.29 is 33.4 Å². The van der Waals surface area contributed by atoms with E-state index in [9.17, 15) is 14.4 Å². The molecule has 0 saturated carbocycles. The van der Waals surface area contributed by atoms with Crippen molar-refractivity contribution in [2.45, 2.75) is 20.0 Å². The summed E-state index contributed by atoms with van der Waals surface area (Å²) in [7, 11) is 2.13. The smallest absolute Gasteiger partial charge is 0.367 e. The van der Waals surface area contributed by atoms with Gasteiger partial charge in [0, 0.05) is 0 Å². The zero-order valence-electron chi connectivity index (χ0n) is 10.6. The van der Waals surface area contributed by atoms with Crippen LogP contribution in [-0.4, -0.2) is 50.6 Å². The number of methoxy groups -OCH3 is 2. The molecule has 0 aliphatic carbocycles. The molecular formula is C10H15NO7. The van der Waals surface area contributed by atoms with E-state index in [1.807, 2.05) is 0 Å². The highest BCUT2D eigenvalue weighted by molar-refractivity contribution is 6.62. The van der Waals surface area contributed by atoms with E-state index in [-0.39, 0.29) is 6.61 Å². The van der Waals surface area contributed by atoms with E-state index >= 15 is 0 Å². The van der Waals surface area contributed by atoms with Crippen LogP contribution in [0.2, 0.25) is 0 Å². The van der Waals surface area contributed by atoms with Gasteiger partial charge in [0.05, 0.1) is 20.8 Å². The van der Waals surface area contributed by atoms with Gasteiger partial charge in [-0.2, -0.15) is 0 Å². The SMILES string of the molecule is CCOC(=O)C(C)ON=C(C(=O)OC)C(=O)OC. The summed E-state index contributed by atoms with van der Waals surface area (Å²) < 4.78 is 13.3. The molecule has 0 rings (SSSR count). The Kier molecular flexibility index (Phi) is 7.10. The molecule has 8 nitrogen and oxygen atoms in total. The number of carbonyl (C=O) groups excluding carboxylic acids is 3. The summed E-state index contributed by atoms with van der Waals surface area (Å²) in [6.07, 6.45) is -1.06. The molecule has 0 radical (unpaired) electrons. The van der Waals surface area contributed by atoms with Crippen molar-refractivity contribution in [1.82, 2.24) is 0 Å². The third-order valence-electron chi connectivity index (χ3n) is 1.68. The predicted molar refractivity (Wildman–Crippen MR) is 58.6 cm³/mol. The number of hydrogen-bond donors (Lipinski definition) is 0. The first-order valence-electron chi connectivity index (χ1n) is 5.04. The largest absolute Gasteiger partial charge is 0.464 e. The monoisotopic (exact) mass is 261 g/mol. The maximum absolute atomic E-state index is 11.2. The molecule has 0 aliphatic heterocycles. The van der Waals surface area contributed by atoms with Crippen LogP contribution in [0.25, 0.3) is 0 Å². The lowest BCUT2D eigenvalue weighted by Crippen LogP contribution is -2.29. The Hall–Kier alpha value is -2.12. The summed E-state index contributed by atoms with van der Waals surface area (Å²) in [6.45, 7) is 3.16. The second-order valence-corrected chi connectivity index (χ2v) is 2.92. The van der Waals surface area contributed by atoms with E-state index < -0.39 is 29.7 Å². The van der Waals surface area contributed by atoms with Gasteiger partial charge in [0.1, 0.15) is 0 Å². The molecule has 0 heterocycles. The van der Waals surface area contributed by atoms with Crippen molar-refractivity contribution in [3.63, 3.8) is 0 Å². The van der Waals surface area contributed by atoms with Gasteiger partial charge in [0.15, 0.2) is 0 Å². The number of hydrogen-bond acceptors (Lipinski definition) is 8. The molecule has 0 fully saturated rings. The van der Waals surface area contributed by atoms with Crippen LogP contribution in [0.15, 0.2) is 5.16 Å². The van der Waals surface area contributed by atoms with Crippen LogP contribution in [0, 0.1) is 0 Å². The van der Waals surface area contributed by atoms with Crippen molar-refractivity contribution in [3.8, 4) is 0 Å². The van der Waals surface area contributed by atoms with Gasteiger partial charge in [-0.25, -0.2) is 14.4 Å². The standard InChI is InChI=1S/C10H15NO7/c1-5-17-8(12)6(2)18-11-7(9(13)15-3)10(14)16-4/h6H,5H2,1-4H3. The van der Waals surface area contributed by atoms with E-state index in [1.165, 1.54) is 6.92 Å². The highest BCUT2D eigenvalue weighted by Gasteiger charge is 2.25. The van der Waals surface area contributed by atoms with Crippen molar-refractivity contribution in [2.24, 2.45) is 5.16 Å². The third-order valence-corrected chi connectivity index (χ3v) is 1.68. The molecule has 0 spiro atoms. The van der Waals surface area contributed by atoms with Gasteiger partial charge in [-0.1, -0.05) is 5.16 Å². The Bertz CT molecular complexity index is 332. The first-order chi connectivity index (χ1) is 8.47. The van der Waals surface area contributed by atoms with Crippen LogP contribution in [0.4, 0.5) is 0 Å². The zero-order valence-corrected chi connectivity index (χ0v) is 10.6. The fourth-order valence-electron chi connectivity index (χ4n) is 0.786. The number of esters is 3. The second-order valence-electron chi connectivity index (χ2n) is 2.92. The molecular weight excluding hydrogens is 246 g/mol. The molecule has 0 aromatic heterocycles. The van der Waals surface area contributed by atoms with Crippen molar-refractivity contribution in [2.75, 3.05) is 20.8 Å². The Balaban J connectivity index is 4.72. The van der Waals surface area contributed by atoms with Crippen LogP contribution < -0.4 is 0 Å². The zero-order chi connectivity index (χ0) is 14.1. The Labute approximate surface area is 104 Å². The average Bonchev–Trinajstić information content (AvgIpc) is 2.37. The van der Waals surface area contributed by atoms with E-state index in [4.69, 9.17) is 0 Å². The summed E-state index contributed by atoms with van der Waals surface area (Å²) >= 11 is 0. The number of rotatable bonds is 6. The molecule has 0 N–H and O–H groups in total. The molecule has 8 heteroatoms. The Morgan fingerprint density at radius 2 is 1.61 bits per heavy atom. The molecule has 0 aliphatic rings. The van der Waals surface area contributed by atoms with E-state index in [0.717, 1.165) is 14.2 Å². The van der Waals surface area contributed by atoms with Gasteiger partial charge in [-0.15, -0.1) is 0 Å². The normalized spacial score (nSPS) is 10.9. The molecule has 1 atom stereocenters. The van der Waals surface area contributed by atoms with Crippen LogP contribution >= 0.6 is 0 Å². The van der Waals surface area contributed by atoms with Crippen LogP contribution in [-0.2, 0) is 33.4 Å².